The van der Waals surface area contributed by atoms with Gasteiger partial charge >= 0.3 is 5.71 Å². The zero-order valence-electron chi connectivity index (χ0n) is 26.9. The first-order valence-electron chi connectivity index (χ1n) is 17.0. The smallest absolute Gasteiger partial charge is 0.408 e. The number of nitrogens with one attached hydrogen (secondary N) is 2. The maximum absolute atomic E-state index is 14.0. The van der Waals surface area contributed by atoms with Gasteiger partial charge in [-0.15, -0.1) is 11.6 Å². The van der Waals surface area contributed by atoms with Crippen LogP contribution in [-0.4, -0.2) is 81.3 Å². The number of Topliss-reactive ketones (excluding diaryl/α,β-unsaturated/α-hetero) is 1. The molecule has 2 N–H and O–H groups in total. The zero-order valence-corrected chi connectivity index (χ0v) is 27.6. The first-order chi connectivity index (χ1) is 23.1. The Morgan fingerprint density at radius 1 is 0.787 bits per heavy atom. The number of halogens is 1. The van der Waals surface area contributed by atoms with Crippen LogP contribution >= 0.6 is 11.6 Å². The number of hydrogen-bond acceptors (Lipinski definition) is 8. The average Bonchev–Trinajstić information content (AvgIpc) is 3.27. The molecule has 0 aromatic heterocycles. The van der Waals surface area contributed by atoms with Gasteiger partial charge in [-0.1, -0.05) is 25.0 Å². The van der Waals surface area contributed by atoms with Gasteiger partial charge in [0.2, 0.25) is 0 Å². The summed E-state index contributed by atoms with van der Waals surface area (Å²) in [5.41, 5.74) is 13.6. The van der Waals surface area contributed by atoms with Gasteiger partial charge in [0, 0.05) is 91.1 Å². The van der Waals surface area contributed by atoms with Crippen molar-refractivity contribution in [3.05, 3.63) is 76.9 Å². The Hall–Kier alpha value is -3.88. The minimum Gasteiger partial charge on any atom is -0.457 e. The number of ether oxygens (including phenoxy) is 3. The molecule has 3 aromatic carbocycles. The Morgan fingerprint density at radius 3 is 2.02 bits per heavy atom. The van der Waals surface area contributed by atoms with Crippen molar-refractivity contribution in [2.75, 3.05) is 80.1 Å². The van der Waals surface area contributed by atoms with Crippen molar-refractivity contribution in [2.24, 2.45) is 0 Å². The normalized spacial score (nSPS) is 17.0. The van der Waals surface area contributed by atoms with Crippen molar-refractivity contribution >= 4 is 40.2 Å². The van der Waals surface area contributed by atoms with Crippen LogP contribution in [0.5, 0.6) is 11.5 Å². The fraction of sp³-hybridized carbons (Fsp3) is 0.459. The van der Waals surface area contributed by atoms with Gasteiger partial charge < -0.3 is 29.3 Å². The first kappa shape index (κ1) is 31.7. The average molecular weight is 657 g/mol. The molecule has 3 heterocycles. The number of ketones is 1. The Bertz CT molecular complexity index is 1620. The first-order valence-corrected chi connectivity index (χ1v) is 17.5. The molecule has 1 aliphatic carbocycles. The number of benzene rings is 3. The summed E-state index contributed by atoms with van der Waals surface area (Å²) in [5.74, 6) is 1.91. The summed E-state index contributed by atoms with van der Waals surface area (Å²) in [6, 6.07) is 18.4. The van der Waals surface area contributed by atoms with Crippen molar-refractivity contribution in [1.82, 2.24) is 0 Å². The highest BCUT2D eigenvalue weighted by Gasteiger charge is 2.63. The second-order valence-corrected chi connectivity index (χ2v) is 13.1. The second kappa shape index (κ2) is 14.1. The van der Waals surface area contributed by atoms with Gasteiger partial charge in [-0.25, -0.2) is 0 Å². The summed E-state index contributed by atoms with van der Waals surface area (Å²) in [6.07, 6.45) is 6.75. The lowest BCUT2D eigenvalue weighted by atomic mass is 9.67. The molecule has 0 atom stereocenters. The molecule has 47 heavy (non-hydrogen) atoms. The fourth-order valence-corrected chi connectivity index (χ4v) is 7.31. The summed E-state index contributed by atoms with van der Waals surface area (Å²) in [7, 11) is 0. The van der Waals surface area contributed by atoms with Crippen LogP contribution in [0.15, 0.2) is 54.6 Å². The molecule has 4 aliphatic rings. The van der Waals surface area contributed by atoms with Crippen LogP contribution in [0.3, 0.4) is 0 Å². The van der Waals surface area contributed by atoms with Gasteiger partial charge in [0.1, 0.15) is 11.5 Å². The van der Waals surface area contributed by atoms with E-state index in [1.807, 2.05) is 18.2 Å². The van der Waals surface area contributed by atoms with E-state index in [-0.39, 0.29) is 11.5 Å². The third-order valence-electron chi connectivity index (χ3n) is 9.87. The zero-order chi connectivity index (χ0) is 32.2. The number of unbranched alkanes of at least 4 members (excludes halogenated alkanes) is 3. The molecule has 2 saturated heterocycles. The predicted octanol–water partition coefficient (Wildman–Crippen LogP) is 6.67. The van der Waals surface area contributed by atoms with E-state index in [2.05, 4.69) is 56.3 Å². The van der Waals surface area contributed by atoms with E-state index < -0.39 is 5.41 Å². The number of alkyl halides is 1. The monoisotopic (exact) mass is 656 g/mol. The van der Waals surface area contributed by atoms with Crippen LogP contribution in [0.4, 0.5) is 17.1 Å². The van der Waals surface area contributed by atoms with Crippen molar-refractivity contribution in [1.29, 1.82) is 5.53 Å². The Balaban J connectivity index is 1.14. The summed E-state index contributed by atoms with van der Waals surface area (Å²) >= 11 is 5.73. The van der Waals surface area contributed by atoms with Gasteiger partial charge in [-0.2, -0.15) is 0 Å². The number of hydrogen-bond donors (Lipinski definition) is 2. The SMILES string of the molecule is N=[N+]=C1C(=O)c2ccc(NCCOCCOCCCCCCCl)cc2C12c1ccc(N3CCC3)cc1Oc1cc(N3CCC3)ccc12. The van der Waals surface area contributed by atoms with Crippen LogP contribution in [0, 0.1) is 5.53 Å². The summed E-state index contributed by atoms with van der Waals surface area (Å²) in [4.78, 5) is 22.6. The van der Waals surface area contributed by atoms with Crippen molar-refractivity contribution in [3.63, 3.8) is 0 Å². The number of rotatable bonds is 15. The molecule has 0 bridgehead atoms. The molecule has 0 amide bonds. The van der Waals surface area contributed by atoms with Crippen LogP contribution in [0.1, 0.15) is 65.6 Å². The van der Waals surface area contributed by atoms with Crippen LogP contribution in [-0.2, 0) is 14.9 Å². The van der Waals surface area contributed by atoms with E-state index in [1.54, 1.807) is 0 Å². The lowest BCUT2D eigenvalue weighted by Crippen LogP contribution is -2.41. The van der Waals surface area contributed by atoms with Crippen molar-refractivity contribution in [3.8, 4) is 11.5 Å². The molecule has 0 radical (unpaired) electrons. The minimum absolute atomic E-state index is 0.200. The highest BCUT2D eigenvalue weighted by molar-refractivity contribution is 6.52. The molecule has 7 rings (SSSR count). The molecular weight excluding hydrogens is 614 g/mol. The van der Waals surface area contributed by atoms with Crippen molar-refractivity contribution in [2.45, 2.75) is 43.9 Å². The highest BCUT2D eigenvalue weighted by atomic mass is 35.5. The summed E-state index contributed by atoms with van der Waals surface area (Å²) in [6.45, 7) is 7.06. The molecule has 3 aliphatic heterocycles. The standard InChI is InChI=1S/C37H42ClN5O4/c38-13-3-1-2-4-19-45-21-22-46-20-14-40-26-7-10-29-32(23-26)37(36(41-39)35(29)44)30-11-8-27(42-15-5-16-42)24-33(30)47-34-25-28(9-12-31(34)37)43-17-6-18-43/h7-12,23-25,39H,1-6,13-22H2/p+1. The van der Waals surface area contributed by atoms with Crippen LogP contribution in [0.25, 0.3) is 0 Å². The molecule has 0 unspecified atom stereocenters. The largest absolute Gasteiger partial charge is 0.457 e. The third kappa shape index (κ3) is 5.91. The molecule has 3 aromatic rings. The number of carbonyl (C=O) groups excluding carboxylic acids is 1. The molecule has 1 spiro atoms. The molecule has 2 fully saturated rings. The fourth-order valence-electron chi connectivity index (χ4n) is 7.13. The number of carbonyl (C=O) groups is 1. The van der Waals surface area contributed by atoms with E-state index in [1.165, 1.54) is 12.8 Å². The van der Waals surface area contributed by atoms with Crippen LogP contribution in [0.2, 0.25) is 0 Å². The molecule has 10 heteroatoms. The van der Waals surface area contributed by atoms with E-state index in [0.29, 0.717) is 43.4 Å². The van der Waals surface area contributed by atoms with Gasteiger partial charge in [0.15, 0.2) is 5.41 Å². The quantitative estimate of drug-likeness (QED) is 0.0816. The molecular formula is C37H43ClN5O4+. The van der Waals surface area contributed by atoms with E-state index in [4.69, 9.17) is 31.3 Å². The number of fused-ring (bicyclic) bond motifs is 6. The maximum Gasteiger partial charge on any atom is 0.408 e. The Kier molecular flexibility index (Phi) is 9.50. The predicted molar refractivity (Wildman–Crippen MR) is 185 cm³/mol. The molecule has 9 nitrogen and oxygen atoms in total. The molecule has 0 saturated carbocycles. The Labute approximate surface area is 281 Å². The lowest BCUT2D eigenvalue weighted by molar-refractivity contribution is -0.122. The van der Waals surface area contributed by atoms with E-state index in [0.717, 1.165) is 98.1 Å². The summed E-state index contributed by atoms with van der Waals surface area (Å²) in [5, 5.41) is 3.48. The topological polar surface area (TPSA) is 101 Å². The third-order valence-corrected chi connectivity index (χ3v) is 10.1. The van der Waals surface area contributed by atoms with Gasteiger partial charge in [0.05, 0.1) is 30.1 Å². The van der Waals surface area contributed by atoms with E-state index in [9.17, 15) is 4.79 Å². The minimum atomic E-state index is -1.06. The number of anilines is 3. The molecule has 246 valence electrons. The van der Waals surface area contributed by atoms with Crippen LogP contribution < -0.4 is 19.9 Å². The van der Waals surface area contributed by atoms with Gasteiger partial charge in [-0.3, -0.25) is 4.79 Å². The maximum atomic E-state index is 14.0. The second-order valence-electron chi connectivity index (χ2n) is 12.7. The van der Waals surface area contributed by atoms with Gasteiger partial charge in [-0.05, 0) is 61.6 Å². The summed E-state index contributed by atoms with van der Waals surface area (Å²) < 4.78 is 18.2. The number of nitrogens with zero attached hydrogens (tertiary/aromatic N) is 3. The van der Waals surface area contributed by atoms with E-state index >= 15 is 0 Å². The Morgan fingerprint density at radius 2 is 1.43 bits per heavy atom. The lowest BCUT2D eigenvalue weighted by Gasteiger charge is -2.38. The van der Waals surface area contributed by atoms with Gasteiger partial charge in [0.25, 0.3) is 5.78 Å². The van der Waals surface area contributed by atoms with Crippen molar-refractivity contribution < 1.29 is 23.8 Å². The highest BCUT2D eigenvalue weighted by Crippen LogP contribution is 2.57.